The lowest BCUT2D eigenvalue weighted by Gasteiger charge is -2.21. The Labute approximate surface area is 107 Å². The van der Waals surface area contributed by atoms with Crippen LogP contribution in [0.25, 0.3) is 0 Å². The largest absolute Gasteiger partial charge is 0.463 e. The molecule has 18 heavy (non-hydrogen) atoms. The first-order valence-electron chi connectivity index (χ1n) is 6.12. The molecule has 0 amide bonds. The summed E-state index contributed by atoms with van der Waals surface area (Å²) in [6.45, 7) is 4.81. The van der Waals surface area contributed by atoms with Crippen molar-refractivity contribution in [1.29, 1.82) is 0 Å². The summed E-state index contributed by atoms with van der Waals surface area (Å²) in [5, 5.41) is 13.6. The number of aliphatic hydroxyl groups is 1. The van der Waals surface area contributed by atoms with E-state index in [0.29, 0.717) is 12.3 Å². The molecule has 0 radical (unpaired) electrons. The average molecular weight is 245 g/mol. The van der Waals surface area contributed by atoms with Crippen LogP contribution in [0.5, 0.6) is 0 Å². The van der Waals surface area contributed by atoms with Gasteiger partial charge < -0.3 is 14.8 Å². The monoisotopic (exact) mass is 245 g/mol. The summed E-state index contributed by atoms with van der Waals surface area (Å²) >= 11 is 0. The highest BCUT2D eigenvalue weighted by molar-refractivity contribution is 5.15. The molecule has 0 saturated heterocycles. The maximum absolute atomic E-state index is 10.3. The summed E-state index contributed by atoms with van der Waals surface area (Å²) in [4.78, 5) is 0. The molecule has 1 aromatic heterocycles. The topological polar surface area (TPSA) is 45.4 Å². The van der Waals surface area contributed by atoms with E-state index in [2.05, 4.69) is 17.4 Å². The van der Waals surface area contributed by atoms with Gasteiger partial charge in [0.05, 0.1) is 0 Å². The molecule has 2 rings (SSSR count). The number of hydrogen-bond acceptors (Lipinski definition) is 3. The minimum absolute atomic E-state index is 0.453. The van der Waals surface area contributed by atoms with Gasteiger partial charge >= 0.3 is 0 Å². The van der Waals surface area contributed by atoms with E-state index in [1.165, 1.54) is 5.56 Å². The van der Waals surface area contributed by atoms with Gasteiger partial charge in [0.2, 0.25) is 0 Å². The standard InChI is InChI=1S/C15H19NO2/c1-12-8-9-14(18-12)15(2,17)11-16-10-13-6-4-3-5-7-13/h3-9,16-17H,10-11H2,1-2H3. The molecule has 0 aliphatic heterocycles. The third kappa shape index (κ3) is 3.22. The highest BCUT2D eigenvalue weighted by Gasteiger charge is 2.26. The first-order chi connectivity index (χ1) is 8.58. The Morgan fingerprint density at radius 2 is 1.89 bits per heavy atom. The summed E-state index contributed by atoms with van der Waals surface area (Å²) in [5.74, 6) is 1.41. The van der Waals surface area contributed by atoms with Crippen LogP contribution in [-0.2, 0) is 12.1 Å². The maximum Gasteiger partial charge on any atom is 0.136 e. The Kier molecular flexibility index (Phi) is 3.84. The Bertz CT molecular complexity index is 488. The van der Waals surface area contributed by atoms with Gasteiger partial charge in [-0.15, -0.1) is 0 Å². The lowest BCUT2D eigenvalue weighted by Crippen LogP contribution is -2.34. The molecule has 0 aliphatic rings. The van der Waals surface area contributed by atoms with E-state index in [1.54, 1.807) is 6.92 Å². The van der Waals surface area contributed by atoms with Gasteiger partial charge in [0.1, 0.15) is 17.1 Å². The lowest BCUT2D eigenvalue weighted by molar-refractivity contribution is 0.0333. The number of benzene rings is 1. The molecule has 1 aromatic carbocycles. The van der Waals surface area contributed by atoms with Gasteiger partial charge in [-0.2, -0.15) is 0 Å². The SMILES string of the molecule is Cc1ccc(C(C)(O)CNCc2ccccc2)o1. The fourth-order valence-electron chi connectivity index (χ4n) is 1.86. The summed E-state index contributed by atoms with van der Waals surface area (Å²) in [6, 6.07) is 13.8. The molecule has 2 N–H and O–H groups in total. The van der Waals surface area contributed by atoms with Crippen molar-refractivity contribution < 1.29 is 9.52 Å². The molecule has 3 nitrogen and oxygen atoms in total. The molecule has 0 spiro atoms. The first kappa shape index (κ1) is 12.9. The summed E-state index contributed by atoms with van der Waals surface area (Å²) in [5.41, 5.74) is 0.215. The van der Waals surface area contributed by atoms with E-state index in [9.17, 15) is 5.11 Å². The minimum atomic E-state index is -0.983. The van der Waals surface area contributed by atoms with Crippen molar-refractivity contribution in [3.63, 3.8) is 0 Å². The van der Waals surface area contributed by atoms with Gasteiger partial charge in [-0.05, 0) is 31.5 Å². The third-order valence-corrected chi connectivity index (χ3v) is 2.91. The molecular formula is C15H19NO2. The van der Waals surface area contributed by atoms with Gasteiger partial charge in [-0.25, -0.2) is 0 Å². The van der Waals surface area contributed by atoms with Crippen LogP contribution in [0.1, 0.15) is 24.0 Å². The van der Waals surface area contributed by atoms with Crippen molar-refractivity contribution in [2.45, 2.75) is 26.0 Å². The minimum Gasteiger partial charge on any atom is -0.463 e. The van der Waals surface area contributed by atoms with E-state index >= 15 is 0 Å². The predicted octanol–water partition coefficient (Wildman–Crippen LogP) is 2.59. The van der Waals surface area contributed by atoms with Crippen LogP contribution in [0.4, 0.5) is 0 Å². The molecule has 0 fully saturated rings. The van der Waals surface area contributed by atoms with Crippen LogP contribution in [0.3, 0.4) is 0 Å². The van der Waals surface area contributed by atoms with E-state index in [0.717, 1.165) is 12.3 Å². The first-order valence-corrected chi connectivity index (χ1v) is 6.12. The van der Waals surface area contributed by atoms with E-state index in [-0.39, 0.29) is 0 Å². The van der Waals surface area contributed by atoms with Gasteiger partial charge in [0.15, 0.2) is 0 Å². The Balaban J connectivity index is 1.89. The molecule has 1 atom stereocenters. The van der Waals surface area contributed by atoms with Crippen LogP contribution in [0, 0.1) is 6.92 Å². The third-order valence-electron chi connectivity index (χ3n) is 2.91. The molecule has 1 unspecified atom stereocenters. The van der Waals surface area contributed by atoms with Gasteiger partial charge in [-0.1, -0.05) is 30.3 Å². The van der Waals surface area contributed by atoms with E-state index < -0.39 is 5.60 Å². The molecular weight excluding hydrogens is 226 g/mol. The lowest BCUT2D eigenvalue weighted by atomic mass is 10.0. The Hall–Kier alpha value is -1.58. The van der Waals surface area contributed by atoms with E-state index in [1.807, 2.05) is 37.3 Å². The smallest absolute Gasteiger partial charge is 0.136 e. The second kappa shape index (κ2) is 5.38. The number of rotatable bonds is 5. The van der Waals surface area contributed by atoms with Crippen molar-refractivity contribution in [3.05, 3.63) is 59.5 Å². The maximum atomic E-state index is 10.3. The molecule has 0 bridgehead atoms. The molecule has 0 aliphatic carbocycles. The summed E-state index contributed by atoms with van der Waals surface area (Å²) in [7, 11) is 0. The second-order valence-corrected chi connectivity index (χ2v) is 4.77. The number of hydrogen-bond donors (Lipinski definition) is 2. The Morgan fingerprint density at radius 1 is 1.17 bits per heavy atom. The normalized spacial score (nSPS) is 14.4. The van der Waals surface area contributed by atoms with Gasteiger partial charge in [0.25, 0.3) is 0 Å². The van der Waals surface area contributed by atoms with Crippen LogP contribution in [0.2, 0.25) is 0 Å². The van der Waals surface area contributed by atoms with Gasteiger partial charge in [0, 0.05) is 13.1 Å². The molecule has 3 heteroatoms. The van der Waals surface area contributed by atoms with Crippen molar-refractivity contribution >= 4 is 0 Å². The fourth-order valence-corrected chi connectivity index (χ4v) is 1.86. The summed E-state index contributed by atoms with van der Waals surface area (Å²) in [6.07, 6.45) is 0. The van der Waals surface area contributed by atoms with Crippen molar-refractivity contribution in [2.24, 2.45) is 0 Å². The quantitative estimate of drug-likeness (QED) is 0.851. The second-order valence-electron chi connectivity index (χ2n) is 4.77. The van der Waals surface area contributed by atoms with Crippen LogP contribution < -0.4 is 5.32 Å². The number of aryl methyl sites for hydroxylation is 1. The zero-order valence-corrected chi connectivity index (χ0v) is 10.8. The van der Waals surface area contributed by atoms with Crippen molar-refractivity contribution in [1.82, 2.24) is 5.32 Å². The average Bonchev–Trinajstić information content (AvgIpc) is 2.78. The predicted molar refractivity (Wildman–Crippen MR) is 71.2 cm³/mol. The fraction of sp³-hybridized carbons (Fsp3) is 0.333. The van der Waals surface area contributed by atoms with Crippen LogP contribution >= 0.6 is 0 Å². The molecule has 96 valence electrons. The van der Waals surface area contributed by atoms with Crippen LogP contribution in [-0.4, -0.2) is 11.7 Å². The molecule has 1 heterocycles. The van der Waals surface area contributed by atoms with Crippen LogP contribution in [0.15, 0.2) is 46.9 Å². The Morgan fingerprint density at radius 3 is 2.50 bits per heavy atom. The van der Waals surface area contributed by atoms with Crippen molar-refractivity contribution in [2.75, 3.05) is 6.54 Å². The molecule has 0 saturated carbocycles. The van der Waals surface area contributed by atoms with Crippen molar-refractivity contribution in [3.8, 4) is 0 Å². The van der Waals surface area contributed by atoms with E-state index in [4.69, 9.17) is 4.42 Å². The number of nitrogens with one attached hydrogen (secondary N) is 1. The zero-order chi connectivity index (χ0) is 13.0. The molecule has 2 aromatic rings. The highest BCUT2D eigenvalue weighted by Crippen LogP contribution is 2.21. The zero-order valence-electron chi connectivity index (χ0n) is 10.8. The van der Waals surface area contributed by atoms with Gasteiger partial charge in [-0.3, -0.25) is 0 Å². The highest BCUT2D eigenvalue weighted by atomic mass is 16.4. The number of furan rings is 1. The summed E-state index contributed by atoms with van der Waals surface area (Å²) < 4.78 is 5.46.